The first-order valence-corrected chi connectivity index (χ1v) is 9.05. The van der Waals surface area contributed by atoms with Crippen molar-refractivity contribution < 1.29 is 19.1 Å². The van der Waals surface area contributed by atoms with Crippen molar-refractivity contribution in [3.63, 3.8) is 0 Å². The number of primary amides is 1. The van der Waals surface area contributed by atoms with E-state index in [0.29, 0.717) is 16.6 Å². The zero-order valence-electron chi connectivity index (χ0n) is 16.4. The van der Waals surface area contributed by atoms with Crippen LogP contribution in [0.1, 0.15) is 28.4 Å². The molecular formula is C22H21N3O4. The Hall–Kier alpha value is -3.74. The van der Waals surface area contributed by atoms with E-state index >= 15 is 0 Å². The molecule has 3 aromatic rings. The third-order valence-electron chi connectivity index (χ3n) is 4.49. The summed E-state index contributed by atoms with van der Waals surface area (Å²) in [5.41, 5.74) is 9.53. The van der Waals surface area contributed by atoms with Gasteiger partial charge in [0.1, 0.15) is 0 Å². The Balaban J connectivity index is 2.03. The third kappa shape index (κ3) is 4.40. The summed E-state index contributed by atoms with van der Waals surface area (Å²) in [5, 5.41) is 2.50. The number of aromatic nitrogens is 1. The fourth-order valence-electron chi connectivity index (χ4n) is 3.08. The van der Waals surface area contributed by atoms with Gasteiger partial charge in [-0.25, -0.2) is 14.6 Å². The molecule has 3 amide bonds. The molecule has 1 aromatic heterocycles. The summed E-state index contributed by atoms with van der Waals surface area (Å²) in [7, 11) is 0. The van der Waals surface area contributed by atoms with Gasteiger partial charge in [-0.2, -0.15) is 0 Å². The van der Waals surface area contributed by atoms with E-state index in [-0.39, 0.29) is 5.56 Å². The molecule has 29 heavy (non-hydrogen) atoms. The number of hydrogen-bond donors (Lipinski definition) is 2. The van der Waals surface area contributed by atoms with Crippen molar-refractivity contribution in [1.29, 1.82) is 0 Å². The summed E-state index contributed by atoms with van der Waals surface area (Å²) in [6, 6.07) is 13.8. The quantitative estimate of drug-likeness (QED) is 0.663. The van der Waals surface area contributed by atoms with Gasteiger partial charge in [0.15, 0.2) is 6.10 Å². The highest BCUT2D eigenvalue weighted by molar-refractivity contribution is 6.06. The lowest BCUT2D eigenvalue weighted by Gasteiger charge is -2.14. The number of hydrogen-bond acceptors (Lipinski definition) is 5. The summed E-state index contributed by atoms with van der Waals surface area (Å²) in [4.78, 5) is 40.2. The number of imide groups is 1. The maximum atomic E-state index is 12.8. The second-order valence-electron chi connectivity index (χ2n) is 6.79. The van der Waals surface area contributed by atoms with Gasteiger partial charge in [0.05, 0.1) is 16.8 Å². The Morgan fingerprint density at radius 2 is 1.79 bits per heavy atom. The Kier molecular flexibility index (Phi) is 5.59. The molecule has 0 saturated carbocycles. The number of carbonyl (C=O) groups excluding carboxylic acids is 3. The smallest absolute Gasteiger partial charge is 0.339 e. The van der Waals surface area contributed by atoms with Crippen LogP contribution < -0.4 is 11.1 Å². The van der Waals surface area contributed by atoms with Gasteiger partial charge in [-0.05, 0) is 38.5 Å². The first kappa shape index (κ1) is 20.0. The number of nitrogens with two attached hydrogens (primary N) is 1. The molecule has 1 atom stereocenters. The summed E-state index contributed by atoms with van der Waals surface area (Å²) in [5.74, 6) is -1.49. The lowest BCUT2D eigenvalue weighted by Crippen LogP contribution is -2.42. The van der Waals surface area contributed by atoms with E-state index in [0.717, 1.165) is 16.7 Å². The largest absolute Gasteiger partial charge is 0.449 e. The Labute approximate surface area is 167 Å². The molecule has 0 radical (unpaired) electrons. The monoisotopic (exact) mass is 391 g/mol. The van der Waals surface area contributed by atoms with Crippen molar-refractivity contribution >= 4 is 28.8 Å². The molecule has 0 bridgehead atoms. The van der Waals surface area contributed by atoms with Crippen LogP contribution in [0.2, 0.25) is 0 Å². The van der Waals surface area contributed by atoms with Gasteiger partial charge in [0, 0.05) is 10.9 Å². The molecule has 0 fully saturated rings. The fourth-order valence-corrected chi connectivity index (χ4v) is 3.08. The zero-order chi connectivity index (χ0) is 21.1. The topological polar surface area (TPSA) is 111 Å². The highest BCUT2D eigenvalue weighted by Crippen LogP contribution is 2.28. The standard InChI is InChI=1S/C22H21N3O4/c1-12-8-9-15(13(2)10-12)19-11-17(16-6-4-5-7-18(16)24-19)21(27)29-14(3)20(26)25-22(23)28/h4-11,14H,1-3H3,(H3,23,25,26,28). The van der Waals surface area contributed by atoms with Crippen LogP contribution in [0.3, 0.4) is 0 Å². The highest BCUT2D eigenvalue weighted by Gasteiger charge is 2.22. The number of ether oxygens (including phenoxy) is 1. The van der Waals surface area contributed by atoms with Crippen LogP contribution in [-0.4, -0.2) is 29.0 Å². The SMILES string of the molecule is Cc1ccc(-c2cc(C(=O)OC(C)C(=O)NC(N)=O)c3ccccc3n2)c(C)c1. The average molecular weight is 391 g/mol. The number of aryl methyl sites for hydroxylation is 2. The maximum Gasteiger partial charge on any atom is 0.339 e. The van der Waals surface area contributed by atoms with Crippen LogP contribution in [-0.2, 0) is 9.53 Å². The number of nitrogens with zero attached hydrogens (tertiary/aromatic N) is 1. The molecule has 7 heteroatoms. The molecule has 0 aliphatic carbocycles. The van der Waals surface area contributed by atoms with Gasteiger partial charge in [-0.15, -0.1) is 0 Å². The fraction of sp³-hybridized carbons (Fsp3) is 0.182. The molecule has 0 aliphatic heterocycles. The van der Waals surface area contributed by atoms with E-state index in [1.807, 2.05) is 49.5 Å². The van der Waals surface area contributed by atoms with E-state index < -0.39 is 24.0 Å². The number of nitrogens with one attached hydrogen (secondary N) is 1. The molecule has 148 valence electrons. The minimum absolute atomic E-state index is 0.282. The number of pyridine rings is 1. The molecule has 2 aromatic carbocycles. The number of fused-ring (bicyclic) bond motifs is 1. The number of para-hydroxylation sites is 1. The first-order chi connectivity index (χ1) is 13.8. The van der Waals surface area contributed by atoms with E-state index in [9.17, 15) is 14.4 Å². The predicted molar refractivity (Wildman–Crippen MR) is 109 cm³/mol. The second kappa shape index (κ2) is 8.10. The van der Waals surface area contributed by atoms with Crippen LogP contribution >= 0.6 is 0 Å². The van der Waals surface area contributed by atoms with Crippen molar-refractivity contribution in [3.8, 4) is 11.3 Å². The number of esters is 1. The van der Waals surface area contributed by atoms with Gasteiger partial charge < -0.3 is 10.5 Å². The second-order valence-corrected chi connectivity index (χ2v) is 6.79. The van der Waals surface area contributed by atoms with Crippen molar-refractivity contribution in [2.75, 3.05) is 0 Å². The average Bonchev–Trinajstić information content (AvgIpc) is 2.66. The van der Waals surface area contributed by atoms with Gasteiger partial charge in [0.25, 0.3) is 5.91 Å². The molecule has 3 rings (SSSR count). The van der Waals surface area contributed by atoms with E-state index in [1.54, 1.807) is 18.2 Å². The third-order valence-corrected chi connectivity index (χ3v) is 4.49. The maximum absolute atomic E-state index is 12.8. The summed E-state index contributed by atoms with van der Waals surface area (Å²) in [6.07, 6.45) is -1.19. The molecular weight excluding hydrogens is 370 g/mol. The number of carbonyl (C=O) groups is 3. The summed E-state index contributed by atoms with van der Waals surface area (Å²) in [6.45, 7) is 5.35. The van der Waals surface area contributed by atoms with Crippen LogP contribution in [0.25, 0.3) is 22.2 Å². The Bertz CT molecular complexity index is 1120. The number of amides is 3. The summed E-state index contributed by atoms with van der Waals surface area (Å²) < 4.78 is 5.26. The van der Waals surface area contributed by atoms with Crippen LogP contribution in [0.5, 0.6) is 0 Å². The minimum atomic E-state index is -1.19. The van der Waals surface area contributed by atoms with Crippen molar-refractivity contribution in [2.45, 2.75) is 26.9 Å². The van der Waals surface area contributed by atoms with Crippen LogP contribution in [0.4, 0.5) is 4.79 Å². The van der Waals surface area contributed by atoms with Gasteiger partial charge in [0.2, 0.25) is 0 Å². The van der Waals surface area contributed by atoms with Gasteiger partial charge in [-0.1, -0.05) is 42.0 Å². The lowest BCUT2D eigenvalue weighted by atomic mass is 9.99. The molecule has 0 spiro atoms. The Morgan fingerprint density at radius 1 is 1.07 bits per heavy atom. The first-order valence-electron chi connectivity index (χ1n) is 9.05. The van der Waals surface area contributed by atoms with Gasteiger partial charge in [-0.3, -0.25) is 10.1 Å². The van der Waals surface area contributed by atoms with Crippen LogP contribution in [0, 0.1) is 13.8 Å². The molecule has 1 unspecified atom stereocenters. The van der Waals surface area contributed by atoms with Crippen molar-refractivity contribution in [2.24, 2.45) is 5.73 Å². The van der Waals surface area contributed by atoms with Crippen molar-refractivity contribution in [1.82, 2.24) is 10.3 Å². The molecule has 1 heterocycles. The Morgan fingerprint density at radius 3 is 2.48 bits per heavy atom. The molecule has 0 saturated heterocycles. The molecule has 7 nitrogen and oxygen atoms in total. The minimum Gasteiger partial charge on any atom is -0.449 e. The number of benzene rings is 2. The lowest BCUT2D eigenvalue weighted by molar-refractivity contribution is -0.127. The normalized spacial score (nSPS) is 11.7. The number of rotatable bonds is 4. The van der Waals surface area contributed by atoms with E-state index in [4.69, 9.17) is 10.5 Å². The summed E-state index contributed by atoms with van der Waals surface area (Å²) >= 11 is 0. The number of urea groups is 1. The zero-order valence-corrected chi connectivity index (χ0v) is 16.4. The van der Waals surface area contributed by atoms with Crippen LogP contribution in [0.15, 0.2) is 48.5 Å². The van der Waals surface area contributed by atoms with E-state index in [1.165, 1.54) is 6.92 Å². The highest BCUT2D eigenvalue weighted by atomic mass is 16.5. The molecule has 0 aliphatic rings. The molecule has 3 N–H and O–H groups in total. The van der Waals surface area contributed by atoms with Gasteiger partial charge >= 0.3 is 12.0 Å². The van der Waals surface area contributed by atoms with E-state index in [2.05, 4.69) is 4.98 Å². The van der Waals surface area contributed by atoms with Crippen molar-refractivity contribution in [3.05, 3.63) is 65.2 Å². The predicted octanol–water partition coefficient (Wildman–Crippen LogP) is 3.26.